The van der Waals surface area contributed by atoms with Gasteiger partial charge in [-0.05, 0) is 19.4 Å². The van der Waals surface area contributed by atoms with Crippen molar-refractivity contribution >= 4 is 16.6 Å². The number of nitrogens with zero attached hydrogens (tertiary/aromatic N) is 3. The third kappa shape index (κ3) is 3.39. The first-order valence-electron chi connectivity index (χ1n) is 8.45. The number of aromatic nitrogens is 3. The van der Waals surface area contributed by atoms with Crippen molar-refractivity contribution in [2.45, 2.75) is 25.5 Å². The number of fused-ring (bicyclic) bond motifs is 1. The van der Waals surface area contributed by atoms with Crippen LogP contribution in [0.4, 0.5) is 5.82 Å². The van der Waals surface area contributed by atoms with Gasteiger partial charge in [0.2, 0.25) is 5.88 Å². The van der Waals surface area contributed by atoms with Gasteiger partial charge in [-0.1, -0.05) is 30.3 Å². The molecule has 1 aromatic carbocycles. The number of ether oxygens (including phenoxy) is 2. The van der Waals surface area contributed by atoms with Gasteiger partial charge in [0, 0.05) is 29.6 Å². The van der Waals surface area contributed by atoms with Crippen molar-refractivity contribution in [3.8, 4) is 5.88 Å². The van der Waals surface area contributed by atoms with Crippen molar-refractivity contribution in [3.05, 3.63) is 54.4 Å². The van der Waals surface area contributed by atoms with E-state index in [0.29, 0.717) is 19.1 Å². The molecule has 0 saturated carbocycles. The summed E-state index contributed by atoms with van der Waals surface area (Å²) in [6.45, 7) is 3.18. The van der Waals surface area contributed by atoms with Gasteiger partial charge in [0.1, 0.15) is 6.10 Å². The number of aryl methyl sites for hydroxylation is 1. The Kier molecular flexibility index (Phi) is 4.43. The van der Waals surface area contributed by atoms with E-state index < -0.39 is 0 Å². The first-order chi connectivity index (χ1) is 12.3. The molecule has 25 heavy (non-hydrogen) atoms. The summed E-state index contributed by atoms with van der Waals surface area (Å²) in [6.07, 6.45) is 2.42. The van der Waals surface area contributed by atoms with E-state index in [1.54, 1.807) is 6.20 Å². The molecular formula is C19H20N4O2. The normalized spacial score (nSPS) is 20.4. The maximum Gasteiger partial charge on any atom is 0.213 e. The van der Waals surface area contributed by atoms with Crippen LogP contribution >= 0.6 is 0 Å². The van der Waals surface area contributed by atoms with Crippen LogP contribution in [0.2, 0.25) is 0 Å². The molecule has 1 saturated heterocycles. The van der Waals surface area contributed by atoms with Crippen LogP contribution in [0, 0.1) is 6.92 Å². The van der Waals surface area contributed by atoms with Gasteiger partial charge in [-0.2, -0.15) is 5.10 Å². The Morgan fingerprint density at radius 2 is 1.92 bits per heavy atom. The summed E-state index contributed by atoms with van der Waals surface area (Å²) in [5.74, 6) is 1.38. The Morgan fingerprint density at radius 3 is 2.76 bits per heavy atom. The third-order valence-corrected chi connectivity index (χ3v) is 4.41. The SMILES string of the molecule is Cc1nnc(N[C@@H]2CCOC[C@H]2Oc2ccccn2)c2ccccc12. The lowest BCUT2D eigenvalue weighted by Crippen LogP contribution is -2.45. The molecule has 4 rings (SSSR count). The zero-order chi connectivity index (χ0) is 17.1. The number of nitrogens with one attached hydrogen (secondary N) is 1. The van der Waals surface area contributed by atoms with Crippen molar-refractivity contribution in [1.29, 1.82) is 0 Å². The molecule has 1 fully saturated rings. The Balaban J connectivity index is 1.59. The number of anilines is 1. The topological polar surface area (TPSA) is 69.2 Å². The van der Waals surface area contributed by atoms with Crippen LogP contribution in [0.3, 0.4) is 0 Å². The molecule has 0 radical (unpaired) electrons. The predicted molar refractivity (Wildman–Crippen MR) is 95.8 cm³/mol. The van der Waals surface area contributed by atoms with Crippen LogP contribution < -0.4 is 10.1 Å². The van der Waals surface area contributed by atoms with Crippen LogP contribution in [0.1, 0.15) is 12.1 Å². The smallest absolute Gasteiger partial charge is 0.213 e. The number of pyridine rings is 1. The first-order valence-corrected chi connectivity index (χ1v) is 8.45. The van der Waals surface area contributed by atoms with Crippen molar-refractivity contribution < 1.29 is 9.47 Å². The fourth-order valence-corrected chi connectivity index (χ4v) is 3.09. The first kappa shape index (κ1) is 15.8. The number of rotatable bonds is 4. The number of hydrogen-bond acceptors (Lipinski definition) is 6. The summed E-state index contributed by atoms with van der Waals surface area (Å²) < 4.78 is 11.6. The largest absolute Gasteiger partial charge is 0.470 e. The van der Waals surface area contributed by atoms with Gasteiger partial charge in [-0.25, -0.2) is 4.98 Å². The molecule has 1 N–H and O–H groups in total. The Bertz CT molecular complexity index is 856. The standard InChI is InChI=1S/C19H20N4O2/c1-13-14-6-2-3-7-15(14)19(23-22-13)21-16-9-11-24-12-17(16)25-18-8-4-5-10-20-18/h2-8,10,16-17H,9,11-12H2,1H3,(H,21,23)/t16-,17-/m1/s1. The molecular weight excluding hydrogens is 316 g/mol. The van der Waals surface area contributed by atoms with E-state index in [4.69, 9.17) is 9.47 Å². The van der Waals surface area contributed by atoms with E-state index in [0.717, 1.165) is 28.7 Å². The van der Waals surface area contributed by atoms with Crippen molar-refractivity contribution in [3.63, 3.8) is 0 Å². The van der Waals surface area contributed by atoms with Crippen molar-refractivity contribution in [2.24, 2.45) is 0 Å². The summed E-state index contributed by atoms with van der Waals surface area (Å²) in [6, 6.07) is 13.9. The molecule has 3 aromatic rings. The Labute approximate surface area is 146 Å². The van der Waals surface area contributed by atoms with E-state index in [-0.39, 0.29) is 12.1 Å². The second-order valence-corrected chi connectivity index (χ2v) is 6.12. The van der Waals surface area contributed by atoms with Gasteiger partial charge in [0.15, 0.2) is 5.82 Å². The highest BCUT2D eigenvalue weighted by Crippen LogP contribution is 2.25. The molecule has 0 unspecified atom stereocenters. The van der Waals surface area contributed by atoms with Crippen molar-refractivity contribution in [1.82, 2.24) is 15.2 Å². The molecule has 128 valence electrons. The van der Waals surface area contributed by atoms with Gasteiger partial charge < -0.3 is 14.8 Å². The van der Waals surface area contributed by atoms with Gasteiger partial charge >= 0.3 is 0 Å². The maximum absolute atomic E-state index is 6.03. The average molecular weight is 336 g/mol. The highest BCUT2D eigenvalue weighted by atomic mass is 16.5. The quantitative estimate of drug-likeness (QED) is 0.790. The van der Waals surface area contributed by atoms with Crippen molar-refractivity contribution in [2.75, 3.05) is 18.5 Å². The Morgan fingerprint density at radius 1 is 1.08 bits per heavy atom. The van der Waals surface area contributed by atoms with Crippen LogP contribution in [0.15, 0.2) is 48.7 Å². The zero-order valence-electron chi connectivity index (χ0n) is 14.1. The van der Waals surface area contributed by atoms with E-state index in [2.05, 4.69) is 32.6 Å². The lowest BCUT2D eigenvalue weighted by Gasteiger charge is -2.32. The van der Waals surface area contributed by atoms with Crippen LogP contribution in [0.25, 0.3) is 10.8 Å². The molecule has 6 nitrogen and oxygen atoms in total. The van der Waals surface area contributed by atoms with Crippen LogP contribution in [0.5, 0.6) is 5.88 Å². The predicted octanol–water partition coefficient (Wildman–Crippen LogP) is 2.98. The minimum Gasteiger partial charge on any atom is -0.470 e. The lowest BCUT2D eigenvalue weighted by molar-refractivity contribution is -0.00250. The fourth-order valence-electron chi connectivity index (χ4n) is 3.09. The highest BCUT2D eigenvalue weighted by molar-refractivity contribution is 5.92. The maximum atomic E-state index is 6.03. The second-order valence-electron chi connectivity index (χ2n) is 6.12. The van der Waals surface area contributed by atoms with Gasteiger partial charge in [-0.3, -0.25) is 0 Å². The van der Waals surface area contributed by atoms with Crippen LogP contribution in [-0.4, -0.2) is 40.5 Å². The van der Waals surface area contributed by atoms with E-state index >= 15 is 0 Å². The van der Waals surface area contributed by atoms with E-state index in [1.807, 2.05) is 37.3 Å². The number of benzene rings is 1. The fraction of sp³-hybridized carbons (Fsp3) is 0.316. The third-order valence-electron chi connectivity index (χ3n) is 4.41. The monoisotopic (exact) mass is 336 g/mol. The molecule has 2 aromatic heterocycles. The molecule has 6 heteroatoms. The molecule has 0 bridgehead atoms. The minimum atomic E-state index is -0.134. The summed E-state index contributed by atoms with van der Waals surface area (Å²) in [7, 11) is 0. The molecule has 0 amide bonds. The highest BCUT2D eigenvalue weighted by Gasteiger charge is 2.28. The molecule has 0 spiro atoms. The van der Waals surface area contributed by atoms with E-state index in [1.165, 1.54) is 0 Å². The molecule has 3 heterocycles. The van der Waals surface area contributed by atoms with Gasteiger partial charge in [0.25, 0.3) is 0 Å². The second kappa shape index (κ2) is 7.03. The molecule has 1 aliphatic rings. The van der Waals surface area contributed by atoms with Gasteiger partial charge in [-0.15, -0.1) is 5.10 Å². The van der Waals surface area contributed by atoms with E-state index in [9.17, 15) is 0 Å². The number of hydrogen-bond donors (Lipinski definition) is 1. The molecule has 1 aliphatic heterocycles. The molecule has 2 atom stereocenters. The average Bonchev–Trinajstić information content (AvgIpc) is 2.67. The summed E-state index contributed by atoms with van der Waals surface area (Å²) in [5, 5.41) is 14.3. The summed E-state index contributed by atoms with van der Waals surface area (Å²) >= 11 is 0. The minimum absolute atomic E-state index is 0.0798. The molecule has 0 aliphatic carbocycles. The Hall–Kier alpha value is -2.73. The summed E-state index contributed by atoms with van der Waals surface area (Å²) in [4.78, 5) is 4.24. The summed E-state index contributed by atoms with van der Waals surface area (Å²) in [5.41, 5.74) is 0.925. The lowest BCUT2D eigenvalue weighted by atomic mass is 10.1. The van der Waals surface area contributed by atoms with Crippen LogP contribution in [-0.2, 0) is 4.74 Å². The zero-order valence-corrected chi connectivity index (χ0v) is 14.1. The van der Waals surface area contributed by atoms with Gasteiger partial charge in [0.05, 0.1) is 18.3 Å².